The van der Waals surface area contributed by atoms with Crippen molar-refractivity contribution in [2.45, 2.75) is 32.9 Å². The third kappa shape index (κ3) is 5.03. The van der Waals surface area contributed by atoms with Crippen molar-refractivity contribution in [1.82, 2.24) is 19.5 Å². The summed E-state index contributed by atoms with van der Waals surface area (Å²) in [5.74, 6) is 2.66. The van der Waals surface area contributed by atoms with E-state index in [2.05, 4.69) is 37.1 Å². The van der Waals surface area contributed by atoms with E-state index >= 15 is 0 Å². The van der Waals surface area contributed by atoms with Crippen LogP contribution in [0.1, 0.15) is 23.5 Å². The van der Waals surface area contributed by atoms with Gasteiger partial charge in [-0.1, -0.05) is 12.1 Å². The van der Waals surface area contributed by atoms with Gasteiger partial charge in [0.2, 0.25) is 5.88 Å². The molecule has 0 fully saturated rings. The lowest BCUT2D eigenvalue weighted by atomic mass is 9.99. The van der Waals surface area contributed by atoms with E-state index in [1.54, 1.807) is 12.4 Å². The number of aromatic nitrogens is 4. The summed E-state index contributed by atoms with van der Waals surface area (Å²) in [7, 11) is 1.32. The number of carbonyl (C=O) groups is 1. The maximum Gasteiger partial charge on any atom is 0.412 e. The van der Waals surface area contributed by atoms with Crippen LogP contribution in [0.15, 0.2) is 55.0 Å². The number of methoxy groups -OCH3 is 1. The number of aryl methyl sites for hydroxylation is 1. The first kappa shape index (κ1) is 22.6. The minimum absolute atomic E-state index is 0.435. The van der Waals surface area contributed by atoms with Gasteiger partial charge in [-0.25, -0.2) is 19.7 Å². The molecule has 1 amide bonds. The number of ether oxygens (including phenoxy) is 2. The molecule has 4 heterocycles. The van der Waals surface area contributed by atoms with Gasteiger partial charge in [-0.15, -0.1) is 0 Å². The van der Waals surface area contributed by atoms with Crippen molar-refractivity contribution < 1.29 is 14.3 Å². The van der Waals surface area contributed by atoms with Crippen molar-refractivity contribution >= 4 is 28.4 Å². The Bertz CT molecular complexity index is 1350. The van der Waals surface area contributed by atoms with E-state index in [4.69, 9.17) is 9.47 Å². The molecule has 1 aliphatic heterocycles. The number of carbonyl (C=O) groups excluding carboxylic acids is 1. The number of benzene rings is 1. The molecule has 0 spiro atoms. The molecule has 5 rings (SSSR count). The summed E-state index contributed by atoms with van der Waals surface area (Å²) >= 11 is 0. The molecule has 9 nitrogen and oxygen atoms in total. The van der Waals surface area contributed by atoms with Gasteiger partial charge in [-0.05, 0) is 37.1 Å². The fraction of sp³-hybridized carbons (Fsp3) is 0.308. The fourth-order valence-corrected chi connectivity index (χ4v) is 4.44. The molecule has 4 aromatic rings. The van der Waals surface area contributed by atoms with Crippen molar-refractivity contribution in [3.63, 3.8) is 0 Å². The Balaban J connectivity index is 1.22. The fourth-order valence-electron chi connectivity index (χ4n) is 4.44. The molecular formula is C26H28N6O3. The van der Waals surface area contributed by atoms with Crippen molar-refractivity contribution in [2.24, 2.45) is 5.92 Å². The van der Waals surface area contributed by atoms with E-state index in [-0.39, 0.29) is 0 Å². The molecule has 180 valence electrons. The van der Waals surface area contributed by atoms with Crippen molar-refractivity contribution in [2.75, 3.05) is 24.4 Å². The topological polar surface area (TPSA) is 103 Å². The van der Waals surface area contributed by atoms with Gasteiger partial charge < -0.3 is 19.4 Å². The zero-order valence-corrected chi connectivity index (χ0v) is 19.8. The van der Waals surface area contributed by atoms with Crippen molar-refractivity contribution in [1.29, 1.82) is 0 Å². The van der Waals surface area contributed by atoms with Crippen LogP contribution in [0.4, 0.5) is 16.3 Å². The molecule has 0 saturated heterocycles. The van der Waals surface area contributed by atoms with Gasteiger partial charge in [-0.2, -0.15) is 0 Å². The molecule has 0 aliphatic carbocycles. The van der Waals surface area contributed by atoms with Gasteiger partial charge in [0.15, 0.2) is 0 Å². The summed E-state index contributed by atoms with van der Waals surface area (Å²) in [6.45, 7) is 4.32. The Hall–Kier alpha value is -4.14. The number of nitrogens with one attached hydrogen (secondary N) is 2. The number of pyridine rings is 2. The summed E-state index contributed by atoms with van der Waals surface area (Å²) in [6.07, 6.45) is 6.83. The number of anilines is 2. The second-order valence-corrected chi connectivity index (χ2v) is 8.67. The molecule has 2 N–H and O–H groups in total. The molecule has 1 aliphatic rings. The van der Waals surface area contributed by atoms with Crippen LogP contribution in [-0.2, 0) is 24.2 Å². The summed E-state index contributed by atoms with van der Waals surface area (Å²) in [4.78, 5) is 24.8. The first-order valence-electron chi connectivity index (χ1n) is 11.7. The van der Waals surface area contributed by atoms with Gasteiger partial charge in [0.05, 0.1) is 13.7 Å². The lowest BCUT2D eigenvalue weighted by Gasteiger charge is -2.24. The van der Waals surface area contributed by atoms with Crippen LogP contribution in [-0.4, -0.2) is 39.3 Å². The van der Waals surface area contributed by atoms with Crippen LogP contribution in [0, 0.1) is 12.8 Å². The molecule has 9 heteroatoms. The highest BCUT2D eigenvalue weighted by molar-refractivity contribution is 6.03. The third-order valence-electron chi connectivity index (χ3n) is 6.33. The predicted molar refractivity (Wildman–Crippen MR) is 134 cm³/mol. The van der Waals surface area contributed by atoms with Gasteiger partial charge in [-0.3, -0.25) is 5.32 Å². The first-order valence-corrected chi connectivity index (χ1v) is 11.7. The first-order chi connectivity index (χ1) is 17.1. The largest absolute Gasteiger partial charge is 0.477 e. The van der Waals surface area contributed by atoms with Crippen LogP contribution >= 0.6 is 0 Å². The highest BCUT2D eigenvalue weighted by Crippen LogP contribution is 2.28. The van der Waals surface area contributed by atoms with E-state index in [1.165, 1.54) is 12.8 Å². The minimum atomic E-state index is -0.554. The minimum Gasteiger partial charge on any atom is -0.477 e. The lowest BCUT2D eigenvalue weighted by molar-refractivity contribution is 0.187. The van der Waals surface area contributed by atoms with Gasteiger partial charge in [0.25, 0.3) is 0 Å². The SMILES string of the molecule is COC(=O)Nc1nccc2c(NCc3ccnc(OCC4CCn5c(C)cnc5C4)c3)cccc12. The van der Waals surface area contributed by atoms with Gasteiger partial charge >= 0.3 is 6.09 Å². The van der Waals surface area contributed by atoms with Crippen LogP contribution < -0.4 is 15.4 Å². The Labute approximate surface area is 203 Å². The number of rotatable bonds is 7. The molecule has 0 radical (unpaired) electrons. The van der Waals surface area contributed by atoms with Crippen LogP contribution in [0.25, 0.3) is 10.8 Å². The maximum atomic E-state index is 11.7. The highest BCUT2D eigenvalue weighted by atomic mass is 16.5. The molecular weight excluding hydrogens is 444 g/mol. The van der Waals surface area contributed by atoms with Gasteiger partial charge in [0.1, 0.15) is 11.6 Å². The Morgan fingerprint density at radius 3 is 2.91 bits per heavy atom. The maximum absolute atomic E-state index is 11.7. The quantitative estimate of drug-likeness (QED) is 0.406. The highest BCUT2D eigenvalue weighted by Gasteiger charge is 2.21. The summed E-state index contributed by atoms with van der Waals surface area (Å²) in [5, 5.41) is 7.91. The number of hydrogen-bond donors (Lipinski definition) is 2. The Morgan fingerprint density at radius 1 is 1.14 bits per heavy atom. The number of nitrogens with zero attached hydrogens (tertiary/aromatic N) is 4. The molecule has 1 aromatic carbocycles. The van der Waals surface area contributed by atoms with Crippen LogP contribution in [0.3, 0.4) is 0 Å². The van der Waals surface area contributed by atoms with E-state index in [9.17, 15) is 4.79 Å². The average molecular weight is 473 g/mol. The number of amides is 1. The van der Waals surface area contributed by atoms with Crippen LogP contribution in [0.5, 0.6) is 5.88 Å². The Morgan fingerprint density at radius 2 is 2.03 bits per heavy atom. The van der Waals surface area contributed by atoms with E-state index in [0.29, 0.717) is 30.8 Å². The zero-order valence-electron chi connectivity index (χ0n) is 19.8. The predicted octanol–water partition coefficient (Wildman–Crippen LogP) is 4.57. The second-order valence-electron chi connectivity index (χ2n) is 8.67. The van der Waals surface area contributed by atoms with E-state index in [1.807, 2.05) is 42.6 Å². The Kier molecular flexibility index (Phi) is 6.47. The summed E-state index contributed by atoms with van der Waals surface area (Å²) < 4.78 is 13.0. The van der Waals surface area contributed by atoms with Crippen molar-refractivity contribution in [3.8, 4) is 5.88 Å². The lowest BCUT2D eigenvalue weighted by Crippen LogP contribution is -2.25. The van der Waals surface area contributed by atoms with Gasteiger partial charge in [0, 0.05) is 72.2 Å². The normalized spacial score (nSPS) is 14.9. The average Bonchev–Trinajstić information content (AvgIpc) is 3.26. The third-order valence-corrected chi connectivity index (χ3v) is 6.33. The van der Waals surface area contributed by atoms with E-state index in [0.717, 1.165) is 47.2 Å². The molecule has 1 unspecified atom stereocenters. The summed E-state index contributed by atoms with van der Waals surface area (Å²) in [6, 6.07) is 11.7. The smallest absolute Gasteiger partial charge is 0.412 e. The van der Waals surface area contributed by atoms with E-state index < -0.39 is 6.09 Å². The number of imidazole rings is 1. The number of fused-ring (bicyclic) bond motifs is 2. The summed E-state index contributed by atoms with van der Waals surface area (Å²) in [5.41, 5.74) is 3.22. The molecule has 0 saturated carbocycles. The molecule has 1 atom stereocenters. The second kappa shape index (κ2) is 10.0. The monoisotopic (exact) mass is 472 g/mol. The zero-order chi connectivity index (χ0) is 24.2. The molecule has 35 heavy (non-hydrogen) atoms. The molecule has 3 aromatic heterocycles. The standard InChI is InChI=1S/C26H28N6O3/c1-17-14-30-23-12-19(8-11-32(17)23)16-35-24-13-18(6-9-27-24)15-29-22-5-3-4-21-20(22)7-10-28-25(21)31-26(33)34-2/h3-7,9-10,13-14,19,29H,8,11-12,15-16H2,1-2H3,(H,28,31,33). The molecule has 0 bridgehead atoms. The van der Waals surface area contributed by atoms with Crippen LogP contribution in [0.2, 0.25) is 0 Å². The number of hydrogen-bond acceptors (Lipinski definition) is 7. The van der Waals surface area contributed by atoms with Crippen molar-refractivity contribution in [3.05, 3.63) is 72.1 Å².